The fraction of sp³-hybridized carbons (Fsp3) is 0.400. The van der Waals surface area contributed by atoms with Crippen LogP contribution in [0.2, 0.25) is 0 Å². The van der Waals surface area contributed by atoms with E-state index in [4.69, 9.17) is 9.47 Å². The minimum absolute atomic E-state index is 0.330. The molecular weight excluding hydrogens is 274 g/mol. The van der Waals surface area contributed by atoms with Crippen LogP contribution < -0.4 is 5.32 Å². The zero-order valence-corrected chi connectivity index (χ0v) is 12.4. The van der Waals surface area contributed by atoms with Crippen LogP contribution in [0.1, 0.15) is 31.9 Å². The van der Waals surface area contributed by atoms with Crippen LogP contribution in [0.15, 0.2) is 30.0 Å². The van der Waals surface area contributed by atoms with E-state index in [1.54, 1.807) is 45.0 Å². The Morgan fingerprint density at radius 1 is 1.24 bits per heavy atom. The summed E-state index contributed by atoms with van der Waals surface area (Å²) in [6.45, 7) is 5.17. The molecule has 0 saturated heterocycles. The van der Waals surface area contributed by atoms with Crippen LogP contribution in [0.25, 0.3) is 5.76 Å². The fourth-order valence-corrected chi connectivity index (χ4v) is 2.25. The van der Waals surface area contributed by atoms with Gasteiger partial charge in [0, 0.05) is 18.2 Å². The maximum atomic E-state index is 12.0. The number of rotatable bonds is 2. The zero-order chi connectivity index (χ0) is 15.8. The van der Waals surface area contributed by atoms with Gasteiger partial charge in [0.2, 0.25) is 5.72 Å². The number of amides is 1. The number of aliphatic hydroxyl groups is 2. The maximum Gasteiger partial charge on any atom is 0.410 e. The third-order valence-corrected chi connectivity index (χ3v) is 3.10. The molecule has 0 fully saturated rings. The highest BCUT2D eigenvalue weighted by Gasteiger charge is 2.49. The molecule has 0 saturated carbocycles. The molecular formula is C15H19NO5. The number of aliphatic hydroxyl groups excluding tert-OH is 2. The lowest BCUT2D eigenvalue weighted by molar-refractivity contribution is -0.0466. The molecule has 1 aromatic carbocycles. The van der Waals surface area contributed by atoms with Crippen LogP contribution >= 0.6 is 0 Å². The lowest BCUT2D eigenvalue weighted by atomic mass is 10.0. The van der Waals surface area contributed by atoms with Crippen LogP contribution in [0.3, 0.4) is 0 Å². The molecule has 6 nitrogen and oxygen atoms in total. The molecule has 0 aromatic heterocycles. The van der Waals surface area contributed by atoms with E-state index in [2.05, 4.69) is 5.32 Å². The second kappa shape index (κ2) is 4.96. The van der Waals surface area contributed by atoms with Crippen molar-refractivity contribution in [2.45, 2.75) is 32.1 Å². The summed E-state index contributed by atoms with van der Waals surface area (Å²) in [5, 5.41) is 22.7. The SMILES string of the molecule is COC1(NC(=O)OC(C)(C)C)C(O)=C(O)c2ccccc21. The van der Waals surface area contributed by atoms with E-state index in [1.807, 2.05) is 0 Å². The summed E-state index contributed by atoms with van der Waals surface area (Å²) < 4.78 is 10.5. The molecule has 3 N–H and O–H groups in total. The van der Waals surface area contributed by atoms with E-state index in [9.17, 15) is 15.0 Å². The highest BCUT2D eigenvalue weighted by molar-refractivity contribution is 5.77. The van der Waals surface area contributed by atoms with E-state index in [0.29, 0.717) is 11.1 Å². The Balaban J connectivity index is 2.41. The monoisotopic (exact) mass is 293 g/mol. The first-order valence-corrected chi connectivity index (χ1v) is 6.50. The van der Waals surface area contributed by atoms with Crippen molar-refractivity contribution in [3.63, 3.8) is 0 Å². The largest absolute Gasteiger partial charge is 0.504 e. The Morgan fingerprint density at radius 3 is 2.43 bits per heavy atom. The lowest BCUT2D eigenvalue weighted by Crippen LogP contribution is -2.49. The van der Waals surface area contributed by atoms with E-state index >= 15 is 0 Å². The molecule has 1 aliphatic carbocycles. The van der Waals surface area contributed by atoms with Gasteiger partial charge in [-0.05, 0) is 20.8 Å². The van der Waals surface area contributed by atoms with Crippen molar-refractivity contribution in [1.82, 2.24) is 5.32 Å². The van der Waals surface area contributed by atoms with Crippen molar-refractivity contribution < 1.29 is 24.5 Å². The third kappa shape index (κ3) is 2.54. The van der Waals surface area contributed by atoms with E-state index in [0.717, 1.165) is 0 Å². The topological polar surface area (TPSA) is 88.0 Å². The number of carbonyl (C=O) groups excluding carboxylic acids is 1. The Bertz CT molecular complexity index is 602. The molecule has 1 unspecified atom stereocenters. The van der Waals surface area contributed by atoms with Crippen LogP contribution in [0.5, 0.6) is 0 Å². The smallest absolute Gasteiger partial charge is 0.410 e. The van der Waals surface area contributed by atoms with Crippen molar-refractivity contribution in [3.05, 3.63) is 41.2 Å². The first-order valence-electron chi connectivity index (χ1n) is 6.50. The number of carbonyl (C=O) groups is 1. The zero-order valence-electron chi connectivity index (χ0n) is 12.4. The van der Waals surface area contributed by atoms with Crippen molar-refractivity contribution in [2.24, 2.45) is 0 Å². The molecule has 114 valence electrons. The minimum Gasteiger partial charge on any atom is -0.504 e. The molecule has 1 aliphatic rings. The summed E-state index contributed by atoms with van der Waals surface area (Å²) in [6.07, 6.45) is -0.764. The van der Waals surface area contributed by atoms with E-state index in [-0.39, 0.29) is 5.76 Å². The number of ether oxygens (including phenoxy) is 2. The van der Waals surface area contributed by atoms with Crippen LogP contribution in [0, 0.1) is 0 Å². The highest BCUT2D eigenvalue weighted by atomic mass is 16.6. The Morgan fingerprint density at radius 2 is 1.86 bits per heavy atom. The molecule has 2 rings (SSSR count). The molecule has 0 spiro atoms. The maximum absolute atomic E-state index is 12.0. The second-order valence-electron chi connectivity index (χ2n) is 5.75. The minimum atomic E-state index is -1.65. The highest BCUT2D eigenvalue weighted by Crippen LogP contribution is 2.42. The second-order valence-corrected chi connectivity index (χ2v) is 5.75. The molecule has 1 aromatic rings. The predicted molar refractivity (Wildman–Crippen MR) is 76.7 cm³/mol. The number of alkyl carbamates (subject to hydrolysis) is 1. The van der Waals surface area contributed by atoms with Crippen molar-refractivity contribution in [1.29, 1.82) is 0 Å². The van der Waals surface area contributed by atoms with Gasteiger partial charge in [-0.2, -0.15) is 0 Å². The number of fused-ring (bicyclic) bond motifs is 1. The van der Waals surface area contributed by atoms with Crippen molar-refractivity contribution >= 4 is 11.9 Å². The average molecular weight is 293 g/mol. The average Bonchev–Trinajstić information content (AvgIpc) is 2.60. The predicted octanol–water partition coefficient (Wildman–Crippen LogP) is 2.81. The Labute approximate surface area is 123 Å². The molecule has 6 heteroatoms. The van der Waals surface area contributed by atoms with Gasteiger partial charge in [-0.15, -0.1) is 0 Å². The van der Waals surface area contributed by atoms with Gasteiger partial charge >= 0.3 is 6.09 Å². The van der Waals surface area contributed by atoms with Crippen molar-refractivity contribution in [3.8, 4) is 0 Å². The third-order valence-electron chi connectivity index (χ3n) is 3.10. The number of benzene rings is 1. The Hall–Kier alpha value is -2.21. The van der Waals surface area contributed by atoms with Crippen LogP contribution in [0.4, 0.5) is 4.79 Å². The number of methoxy groups -OCH3 is 1. The van der Waals surface area contributed by atoms with Gasteiger partial charge in [-0.25, -0.2) is 4.79 Å². The van der Waals surface area contributed by atoms with Gasteiger partial charge < -0.3 is 19.7 Å². The summed E-state index contributed by atoms with van der Waals surface area (Å²) >= 11 is 0. The van der Waals surface area contributed by atoms with E-state index in [1.165, 1.54) is 7.11 Å². The van der Waals surface area contributed by atoms with Gasteiger partial charge in [0.05, 0.1) is 0 Å². The standard InChI is InChI=1S/C15H19NO5/c1-14(2,3)21-13(19)16-15(20-4)10-8-6-5-7-9(10)11(17)12(15)18/h5-8,17-18H,1-4H3,(H,16,19). The summed E-state index contributed by atoms with van der Waals surface area (Å²) in [7, 11) is 1.32. The van der Waals surface area contributed by atoms with Gasteiger partial charge in [0.25, 0.3) is 0 Å². The van der Waals surface area contributed by atoms with Crippen molar-refractivity contribution in [2.75, 3.05) is 7.11 Å². The molecule has 0 aliphatic heterocycles. The number of hydrogen-bond acceptors (Lipinski definition) is 5. The first-order chi connectivity index (χ1) is 9.71. The van der Waals surface area contributed by atoms with Gasteiger partial charge in [-0.3, -0.25) is 5.32 Å². The lowest BCUT2D eigenvalue weighted by Gasteiger charge is -2.31. The molecule has 0 heterocycles. The molecule has 1 atom stereocenters. The Kier molecular flexibility index (Phi) is 3.59. The van der Waals surface area contributed by atoms with Gasteiger partial charge in [0.1, 0.15) is 5.60 Å². The summed E-state index contributed by atoms with van der Waals surface area (Å²) in [6, 6.07) is 6.70. The van der Waals surface area contributed by atoms with Gasteiger partial charge in [0.15, 0.2) is 11.5 Å². The summed E-state index contributed by atoms with van der Waals surface area (Å²) in [5.41, 5.74) is -1.51. The van der Waals surface area contributed by atoms with Crippen LogP contribution in [-0.4, -0.2) is 29.0 Å². The van der Waals surface area contributed by atoms with Gasteiger partial charge in [-0.1, -0.05) is 24.3 Å². The quantitative estimate of drug-likeness (QED) is 0.730. The van der Waals surface area contributed by atoms with E-state index < -0.39 is 23.2 Å². The molecule has 21 heavy (non-hydrogen) atoms. The molecule has 0 bridgehead atoms. The summed E-state index contributed by atoms with van der Waals surface area (Å²) in [4.78, 5) is 12.0. The number of hydrogen-bond donors (Lipinski definition) is 3. The normalized spacial score (nSPS) is 21.1. The van der Waals surface area contributed by atoms with Crippen LogP contribution in [-0.2, 0) is 15.2 Å². The first kappa shape index (κ1) is 15.2. The molecule has 1 amide bonds. The number of nitrogens with one attached hydrogen (secondary N) is 1. The summed E-state index contributed by atoms with van der Waals surface area (Å²) in [5.74, 6) is -0.805. The fourth-order valence-electron chi connectivity index (χ4n) is 2.25. The molecule has 0 radical (unpaired) electrons.